The van der Waals surface area contributed by atoms with Crippen LogP contribution in [0.15, 0.2) is 42.5 Å². The number of hydrogen-bond donors (Lipinski definition) is 4. The van der Waals surface area contributed by atoms with Gasteiger partial charge < -0.3 is 35.0 Å². The predicted octanol–water partition coefficient (Wildman–Crippen LogP) is 0.632. The zero-order valence-corrected chi connectivity index (χ0v) is 20.0. The number of rotatable bonds is 5. The van der Waals surface area contributed by atoms with Crippen molar-refractivity contribution in [1.29, 1.82) is 5.41 Å². The van der Waals surface area contributed by atoms with Crippen molar-refractivity contribution >= 4 is 53.0 Å². The van der Waals surface area contributed by atoms with Gasteiger partial charge in [0.25, 0.3) is 17.7 Å². The van der Waals surface area contributed by atoms with Gasteiger partial charge in [-0.05, 0) is 42.0 Å². The molecule has 12 heteroatoms. The number of hydrogen-bond acceptors (Lipinski definition) is 7. The fraction of sp³-hybridized carbons (Fsp3) is 0.333. The van der Waals surface area contributed by atoms with Crippen LogP contribution in [0.25, 0.3) is 0 Å². The molecule has 3 amide bonds. The van der Waals surface area contributed by atoms with Crippen molar-refractivity contribution in [2.24, 2.45) is 0 Å². The van der Waals surface area contributed by atoms with Crippen LogP contribution >= 0.6 is 12.4 Å². The summed E-state index contributed by atoms with van der Waals surface area (Å²) in [5.74, 6) is -1.15. The maximum absolute atomic E-state index is 13.2. The molecule has 190 valence electrons. The van der Waals surface area contributed by atoms with Crippen molar-refractivity contribution in [3.8, 4) is 0 Å². The normalized spacial score (nSPS) is 20.4. The molecule has 5 rings (SSSR count). The highest BCUT2D eigenvalue weighted by Crippen LogP contribution is 2.27. The summed E-state index contributed by atoms with van der Waals surface area (Å²) in [7, 11) is 0. The summed E-state index contributed by atoms with van der Waals surface area (Å²) in [6.07, 6.45) is -3.10. The van der Waals surface area contributed by atoms with Crippen LogP contribution in [-0.4, -0.2) is 73.8 Å². The number of morpholine rings is 2. The molecule has 0 spiro atoms. The molecule has 2 aromatic carbocycles. The molecule has 0 aliphatic carbocycles. The number of carbonyl (C=O) groups is 3. The van der Waals surface area contributed by atoms with E-state index in [4.69, 9.17) is 14.9 Å². The van der Waals surface area contributed by atoms with Crippen LogP contribution in [0.5, 0.6) is 0 Å². The predicted molar refractivity (Wildman–Crippen MR) is 134 cm³/mol. The first-order valence-electron chi connectivity index (χ1n) is 11.3. The standard InChI is InChI=1S/C24H25N5O6.ClH/c25-22-18-5-4-15(10-14(18)12-26-22)27-23(32)20(31)21-24(33)29(7-9-35-21)17-3-1-2-16(11-17)28-6-8-34-13-19(28)30;/h1-5,10-11,20-21,31H,6-9,12-13H2,(H2,25,26)(H,27,32);1H/t20?,21-;/m1./s1. The van der Waals surface area contributed by atoms with Crippen LogP contribution in [0, 0.1) is 5.41 Å². The van der Waals surface area contributed by atoms with Gasteiger partial charge >= 0.3 is 0 Å². The second kappa shape index (κ2) is 10.6. The zero-order chi connectivity index (χ0) is 24.5. The lowest BCUT2D eigenvalue weighted by atomic mass is 10.1. The average Bonchev–Trinajstić information content (AvgIpc) is 3.24. The van der Waals surface area contributed by atoms with Gasteiger partial charge in [-0.25, -0.2) is 0 Å². The lowest BCUT2D eigenvalue weighted by Crippen LogP contribution is -2.55. The molecule has 0 aromatic heterocycles. The molecule has 2 atom stereocenters. The monoisotopic (exact) mass is 515 g/mol. The number of benzene rings is 2. The number of aliphatic hydroxyl groups excluding tert-OH is 1. The Kier molecular flexibility index (Phi) is 7.55. The number of carbonyl (C=O) groups excluding carboxylic acids is 3. The first kappa shape index (κ1) is 25.6. The number of ether oxygens (including phenoxy) is 2. The molecule has 11 nitrogen and oxygen atoms in total. The molecule has 3 aliphatic rings. The van der Waals surface area contributed by atoms with Gasteiger partial charge in [-0.3, -0.25) is 19.8 Å². The SMILES string of the molecule is Cl.N=C1NCc2cc(NC(=O)C(O)[C@H]3OCCN(c4cccc(N5CCOCC5=O)c4)C3=O)ccc21. The van der Waals surface area contributed by atoms with E-state index in [1.807, 2.05) is 0 Å². The van der Waals surface area contributed by atoms with Crippen molar-refractivity contribution in [2.45, 2.75) is 18.8 Å². The Morgan fingerprint density at radius 2 is 1.86 bits per heavy atom. The van der Waals surface area contributed by atoms with Gasteiger partial charge in [0.2, 0.25) is 0 Å². The van der Waals surface area contributed by atoms with Crippen LogP contribution < -0.4 is 20.4 Å². The number of fused-ring (bicyclic) bond motifs is 1. The average molecular weight is 516 g/mol. The molecule has 36 heavy (non-hydrogen) atoms. The van der Waals surface area contributed by atoms with E-state index in [2.05, 4.69) is 10.6 Å². The number of amidine groups is 1. The van der Waals surface area contributed by atoms with E-state index < -0.39 is 24.0 Å². The molecule has 4 N–H and O–H groups in total. The summed E-state index contributed by atoms with van der Waals surface area (Å²) in [4.78, 5) is 41.2. The van der Waals surface area contributed by atoms with E-state index in [-0.39, 0.29) is 38.1 Å². The van der Waals surface area contributed by atoms with Gasteiger partial charge in [0.15, 0.2) is 12.2 Å². The Morgan fingerprint density at radius 3 is 2.64 bits per heavy atom. The van der Waals surface area contributed by atoms with Crippen molar-refractivity contribution in [2.75, 3.05) is 48.0 Å². The second-order valence-corrected chi connectivity index (χ2v) is 8.43. The third-order valence-electron chi connectivity index (χ3n) is 6.21. The molecular formula is C24H26ClN5O6. The molecule has 0 radical (unpaired) electrons. The Labute approximate surface area is 213 Å². The molecule has 1 unspecified atom stereocenters. The van der Waals surface area contributed by atoms with Crippen molar-refractivity contribution in [3.63, 3.8) is 0 Å². The number of aliphatic hydroxyl groups is 1. The smallest absolute Gasteiger partial charge is 0.259 e. The highest BCUT2D eigenvalue weighted by molar-refractivity contribution is 6.05. The molecule has 0 bridgehead atoms. The minimum atomic E-state index is -1.72. The fourth-order valence-electron chi connectivity index (χ4n) is 4.40. The Hall–Kier alpha value is -3.51. The molecule has 2 saturated heterocycles. The van der Waals surface area contributed by atoms with Crippen LogP contribution in [0.2, 0.25) is 0 Å². The van der Waals surface area contributed by atoms with Gasteiger partial charge in [-0.1, -0.05) is 6.07 Å². The Bertz CT molecular complexity index is 1210. The Balaban J connectivity index is 0.00000304. The molecule has 2 aromatic rings. The summed E-state index contributed by atoms with van der Waals surface area (Å²) in [5, 5.41) is 24.0. The van der Waals surface area contributed by atoms with E-state index >= 15 is 0 Å². The van der Waals surface area contributed by atoms with Crippen LogP contribution in [0.3, 0.4) is 0 Å². The van der Waals surface area contributed by atoms with E-state index in [0.29, 0.717) is 42.6 Å². The highest BCUT2D eigenvalue weighted by atomic mass is 35.5. The largest absolute Gasteiger partial charge is 0.380 e. The molecule has 2 fully saturated rings. The van der Waals surface area contributed by atoms with E-state index in [9.17, 15) is 19.5 Å². The maximum atomic E-state index is 13.2. The molecular weight excluding hydrogens is 490 g/mol. The van der Waals surface area contributed by atoms with Crippen molar-refractivity contribution in [3.05, 3.63) is 53.6 Å². The number of nitrogens with zero attached hydrogens (tertiary/aromatic N) is 2. The highest BCUT2D eigenvalue weighted by Gasteiger charge is 2.39. The summed E-state index contributed by atoms with van der Waals surface area (Å²) < 4.78 is 10.7. The fourth-order valence-corrected chi connectivity index (χ4v) is 4.40. The zero-order valence-electron chi connectivity index (χ0n) is 19.2. The van der Waals surface area contributed by atoms with Gasteiger partial charge in [-0.2, -0.15) is 0 Å². The lowest BCUT2D eigenvalue weighted by Gasteiger charge is -2.35. The molecule has 3 aliphatic heterocycles. The van der Waals surface area contributed by atoms with Crippen LogP contribution in [0.1, 0.15) is 11.1 Å². The van der Waals surface area contributed by atoms with Crippen molar-refractivity contribution in [1.82, 2.24) is 5.32 Å². The summed E-state index contributed by atoms with van der Waals surface area (Å²) in [6.45, 7) is 1.71. The molecule has 3 heterocycles. The quantitative estimate of drug-likeness (QED) is 0.457. The van der Waals surface area contributed by atoms with E-state index in [0.717, 1.165) is 11.1 Å². The minimum absolute atomic E-state index is 0. The number of amides is 3. The number of nitrogens with one attached hydrogen (secondary N) is 3. The van der Waals surface area contributed by atoms with Gasteiger partial charge in [0, 0.05) is 42.3 Å². The summed E-state index contributed by atoms with van der Waals surface area (Å²) >= 11 is 0. The van der Waals surface area contributed by atoms with E-state index in [1.165, 1.54) is 4.90 Å². The van der Waals surface area contributed by atoms with Crippen LogP contribution in [0.4, 0.5) is 17.1 Å². The third-order valence-corrected chi connectivity index (χ3v) is 6.21. The number of anilines is 3. The van der Waals surface area contributed by atoms with Crippen molar-refractivity contribution < 1.29 is 29.0 Å². The maximum Gasteiger partial charge on any atom is 0.259 e. The minimum Gasteiger partial charge on any atom is -0.380 e. The first-order valence-corrected chi connectivity index (χ1v) is 11.3. The second-order valence-electron chi connectivity index (χ2n) is 8.43. The Morgan fingerprint density at radius 1 is 1.11 bits per heavy atom. The first-order chi connectivity index (χ1) is 16.9. The topological polar surface area (TPSA) is 144 Å². The van der Waals surface area contributed by atoms with Crippen LogP contribution in [-0.2, 0) is 30.4 Å². The molecule has 0 saturated carbocycles. The third kappa shape index (κ3) is 4.91. The summed E-state index contributed by atoms with van der Waals surface area (Å²) in [5.41, 5.74) is 3.25. The van der Waals surface area contributed by atoms with Gasteiger partial charge in [0.05, 0.1) is 13.2 Å². The summed E-state index contributed by atoms with van der Waals surface area (Å²) in [6, 6.07) is 12.1. The lowest BCUT2D eigenvalue weighted by molar-refractivity contribution is -0.150. The van der Waals surface area contributed by atoms with Gasteiger partial charge in [0.1, 0.15) is 12.4 Å². The van der Waals surface area contributed by atoms with E-state index in [1.54, 1.807) is 47.4 Å². The van der Waals surface area contributed by atoms with Gasteiger partial charge in [-0.15, -0.1) is 12.4 Å². The number of halogens is 1.